The van der Waals surface area contributed by atoms with Gasteiger partial charge < -0.3 is 5.11 Å². The maximum absolute atomic E-state index is 11.1. The average Bonchev–Trinajstić information content (AvgIpc) is 2.26. The zero-order chi connectivity index (χ0) is 13.3. The Morgan fingerprint density at radius 2 is 1.59 bits per heavy atom. The highest BCUT2D eigenvalue weighted by molar-refractivity contribution is 6.59. The summed E-state index contributed by atoms with van der Waals surface area (Å²) in [5.74, 6) is 0.521. The van der Waals surface area contributed by atoms with Gasteiger partial charge in [-0.05, 0) is 16.5 Å². The fourth-order valence-corrected chi connectivity index (χ4v) is 5.25. The van der Waals surface area contributed by atoms with Crippen LogP contribution in [-0.4, -0.2) is 13.9 Å². The van der Waals surface area contributed by atoms with Crippen LogP contribution in [0.3, 0.4) is 0 Å². The Morgan fingerprint density at radius 1 is 1.12 bits per heavy atom. The van der Waals surface area contributed by atoms with Crippen molar-refractivity contribution >= 4 is 20.4 Å². The highest BCUT2D eigenvalue weighted by Crippen LogP contribution is 2.41. The summed E-state index contributed by atoms with van der Waals surface area (Å²) in [6.45, 7) is 10.7. The molecule has 1 rings (SSSR count). The molecule has 0 aliphatic rings. The van der Waals surface area contributed by atoms with Crippen LogP contribution in [0.2, 0.25) is 13.1 Å². The van der Waals surface area contributed by atoms with E-state index in [-0.39, 0.29) is 5.41 Å². The third kappa shape index (κ3) is 2.75. The number of halogens is 1. The molecule has 1 aromatic carbocycles. The summed E-state index contributed by atoms with van der Waals surface area (Å²) in [4.78, 5) is 0. The minimum Gasteiger partial charge on any atom is -0.389 e. The SMILES string of the molecule is C[SiH](C)C(O)(c1ccc(CCl)cc1)C(C)(C)C. The lowest BCUT2D eigenvalue weighted by Crippen LogP contribution is -2.49. The first-order chi connectivity index (χ1) is 7.73. The van der Waals surface area contributed by atoms with Crippen LogP contribution in [0.25, 0.3) is 0 Å². The largest absolute Gasteiger partial charge is 0.389 e. The zero-order valence-corrected chi connectivity index (χ0v) is 13.3. The van der Waals surface area contributed by atoms with Crippen molar-refractivity contribution in [3.05, 3.63) is 35.4 Å². The summed E-state index contributed by atoms with van der Waals surface area (Å²) in [7, 11) is -1.25. The van der Waals surface area contributed by atoms with Crippen molar-refractivity contribution in [2.45, 2.75) is 45.0 Å². The van der Waals surface area contributed by atoms with Gasteiger partial charge in [-0.25, -0.2) is 0 Å². The minimum atomic E-state index is -1.25. The first kappa shape index (κ1) is 14.7. The smallest absolute Gasteiger partial charge is 0.0799 e. The number of rotatable bonds is 3. The van der Waals surface area contributed by atoms with E-state index in [2.05, 4.69) is 33.9 Å². The molecule has 0 radical (unpaired) electrons. The van der Waals surface area contributed by atoms with Gasteiger partial charge in [0.15, 0.2) is 0 Å². The Balaban J connectivity index is 3.24. The Morgan fingerprint density at radius 3 is 1.88 bits per heavy atom. The Kier molecular flexibility index (Phi) is 4.45. The van der Waals surface area contributed by atoms with E-state index >= 15 is 0 Å². The number of aliphatic hydroxyl groups is 1. The molecule has 96 valence electrons. The van der Waals surface area contributed by atoms with Crippen molar-refractivity contribution < 1.29 is 5.11 Å². The van der Waals surface area contributed by atoms with Crippen LogP contribution in [0.4, 0.5) is 0 Å². The average molecular weight is 271 g/mol. The maximum Gasteiger partial charge on any atom is 0.0799 e. The molecule has 0 fully saturated rings. The Bertz CT molecular complexity index is 367. The van der Waals surface area contributed by atoms with E-state index in [9.17, 15) is 5.11 Å². The fourth-order valence-electron chi connectivity index (χ4n) is 2.48. The Hall–Kier alpha value is -0.313. The van der Waals surface area contributed by atoms with Gasteiger partial charge in [-0.3, -0.25) is 0 Å². The van der Waals surface area contributed by atoms with Gasteiger partial charge in [0.1, 0.15) is 0 Å². The van der Waals surface area contributed by atoms with Gasteiger partial charge in [0.2, 0.25) is 0 Å². The lowest BCUT2D eigenvalue weighted by Gasteiger charge is -2.44. The van der Waals surface area contributed by atoms with E-state index in [1.807, 2.05) is 24.3 Å². The molecule has 17 heavy (non-hydrogen) atoms. The van der Waals surface area contributed by atoms with E-state index in [1.165, 1.54) is 0 Å². The first-order valence-corrected chi connectivity index (χ1v) is 9.53. The Labute approximate surface area is 111 Å². The van der Waals surface area contributed by atoms with Gasteiger partial charge in [0, 0.05) is 5.88 Å². The number of hydrogen-bond donors (Lipinski definition) is 1. The van der Waals surface area contributed by atoms with Crippen LogP contribution in [0.5, 0.6) is 0 Å². The molecule has 0 aliphatic heterocycles. The van der Waals surface area contributed by atoms with Crippen LogP contribution < -0.4 is 0 Å². The first-order valence-electron chi connectivity index (χ1n) is 6.11. The van der Waals surface area contributed by atoms with Gasteiger partial charge in [-0.2, -0.15) is 0 Å². The molecule has 0 aromatic heterocycles. The fraction of sp³-hybridized carbons (Fsp3) is 0.571. The molecule has 1 nitrogen and oxygen atoms in total. The van der Waals surface area contributed by atoms with E-state index in [4.69, 9.17) is 11.6 Å². The highest BCUT2D eigenvalue weighted by Gasteiger charge is 2.44. The summed E-state index contributed by atoms with van der Waals surface area (Å²) in [6.07, 6.45) is 0. The van der Waals surface area contributed by atoms with E-state index in [0.29, 0.717) is 5.88 Å². The molecule has 3 heteroatoms. The maximum atomic E-state index is 11.1. The summed E-state index contributed by atoms with van der Waals surface area (Å²) < 4.78 is 0. The van der Waals surface area contributed by atoms with Gasteiger partial charge in [-0.15, -0.1) is 11.6 Å². The molecular formula is C14H23ClOSi. The lowest BCUT2D eigenvalue weighted by molar-refractivity contribution is 0.00861. The van der Waals surface area contributed by atoms with Crippen molar-refractivity contribution in [1.82, 2.24) is 0 Å². The van der Waals surface area contributed by atoms with Crippen LogP contribution in [-0.2, 0) is 11.1 Å². The van der Waals surface area contributed by atoms with Crippen molar-refractivity contribution in [3.63, 3.8) is 0 Å². The standard InChI is InChI=1S/C14H23ClOSi/c1-13(2,3)14(16,17(4)5)12-8-6-11(10-15)7-9-12/h6-9,16-17H,10H2,1-5H3. The van der Waals surface area contributed by atoms with Gasteiger partial charge in [0.05, 0.1) is 14.0 Å². The molecule has 1 unspecified atom stereocenters. The second-order valence-corrected chi connectivity index (χ2v) is 9.41. The molecular weight excluding hydrogens is 248 g/mol. The highest BCUT2D eigenvalue weighted by atomic mass is 35.5. The predicted molar refractivity (Wildman–Crippen MR) is 78.2 cm³/mol. The topological polar surface area (TPSA) is 20.2 Å². The van der Waals surface area contributed by atoms with Gasteiger partial charge in [-0.1, -0.05) is 58.1 Å². The molecule has 0 bridgehead atoms. The molecule has 0 saturated heterocycles. The molecule has 0 amide bonds. The van der Waals surface area contributed by atoms with E-state index in [1.54, 1.807) is 0 Å². The molecule has 0 heterocycles. The molecule has 1 aromatic rings. The third-order valence-corrected chi connectivity index (χ3v) is 6.71. The third-order valence-electron chi connectivity index (χ3n) is 3.53. The van der Waals surface area contributed by atoms with Crippen molar-refractivity contribution in [3.8, 4) is 0 Å². The quantitative estimate of drug-likeness (QED) is 0.656. The molecule has 1 atom stereocenters. The van der Waals surface area contributed by atoms with Gasteiger partial charge >= 0.3 is 0 Å². The minimum absolute atomic E-state index is 0.143. The van der Waals surface area contributed by atoms with Crippen LogP contribution in [0.1, 0.15) is 31.9 Å². The van der Waals surface area contributed by atoms with Crippen LogP contribution in [0, 0.1) is 5.41 Å². The number of hydrogen-bond acceptors (Lipinski definition) is 1. The summed E-state index contributed by atoms with van der Waals surface area (Å²) in [5, 5.41) is 10.4. The summed E-state index contributed by atoms with van der Waals surface area (Å²) in [6, 6.07) is 8.07. The molecule has 1 N–H and O–H groups in total. The number of alkyl halides is 1. The second-order valence-electron chi connectivity index (χ2n) is 6.00. The zero-order valence-electron chi connectivity index (χ0n) is 11.4. The van der Waals surface area contributed by atoms with E-state index < -0.39 is 14.0 Å². The van der Waals surface area contributed by atoms with E-state index in [0.717, 1.165) is 11.1 Å². The van der Waals surface area contributed by atoms with Gasteiger partial charge in [0.25, 0.3) is 0 Å². The summed E-state index contributed by atoms with van der Waals surface area (Å²) >= 11 is 5.79. The van der Waals surface area contributed by atoms with Crippen molar-refractivity contribution in [1.29, 1.82) is 0 Å². The molecule has 0 spiro atoms. The van der Waals surface area contributed by atoms with Crippen LogP contribution in [0.15, 0.2) is 24.3 Å². The lowest BCUT2D eigenvalue weighted by atomic mass is 9.83. The van der Waals surface area contributed by atoms with Crippen molar-refractivity contribution in [2.75, 3.05) is 0 Å². The van der Waals surface area contributed by atoms with Crippen LogP contribution >= 0.6 is 11.6 Å². The van der Waals surface area contributed by atoms with Crippen molar-refractivity contribution in [2.24, 2.45) is 5.41 Å². The number of benzene rings is 1. The predicted octanol–water partition coefficient (Wildman–Crippen LogP) is 3.69. The normalized spacial score (nSPS) is 16.0. The molecule has 0 aliphatic carbocycles. The summed E-state index contributed by atoms with van der Waals surface area (Å²) in [5.41, 5.74) is 1.98. The monoisotopic (exact) mass is 270 g/mol. The second kappa shape index (κ2) is 5.13. The molecule has 0 saturated carbocycles.